The highest BCUT2D eigenvalue weighted by Gasteiger charge is 2.13. The summed E-state index contributed by atoms with van der Waals surface area (Å²) in [6.07, 6.45) is 0. The number of thioether (sulfide) groups is 1. The van der Waals surface area contributed by atoms with Gasteiger partial charge in [0.2, 0.25) is 5.91 Å². The van der Waals surface area contributed by atoms with Crippen molar-refractivity contribution in [2.75, 3.05) is 25.3 Å². The van der Waals surface area contributed by atoms with Gasteiger partial charge >= 0.3 is 0 Å². The van der Waals surface area contributed by atoms with Crippen LogP contribution in [0.3, 0.4) is 0 Å². The second kappa shape index (κ2) is 7.95. The van der Waals surface area contributed by atoms with E-state index in [1.54, 1.807) is 23.5 Å². The van der Waals surface area contributed by atoms with E-state index in [-0.39, 0.29) is 11.7 Å². The topological polar surface area (TPSA) is 60.5 Å². The van der Waals surface area contributed by atoms with Crippen LogP contribution in [0.25, 0.3) is 10.2 Å². The van der Waals surface area contributed by atoms with Crippen molar-refractivity contribution in [3.8, 4) is 11.5 Å². The molecule has 130 valence electrons. The predicted molar refractivity (Wildman–Crippen MR) is 104 cm³/mol. The molecule has 25 heavy (non-hydrogen) atoms. The average molecular weight is 395 g/mol. The fourth-order valence-corrected chi connectivity index (χ4v) is 4.28. The van der Waals surface area contributed by atoms with E-state index >= 15 is 0 Å². The minimum atomic E-state index is -0.160. The van der Waals surface area contributed by atoms with E-state index in [0.717, 1.165) is 14.6 Å². The number of hydrogen-bond donors (Lipinski definition) is 1. The van der Waals surface area contributed by atoms with Gasteiger partial charge in [0.15, 0.2) is 4.34 Å². The fraction of sp³-hybridized carbons (Fsp3) is 0.176. The molecule has 0 unspecified atom stereocenters. The molecule has 0 saturated heterocycles. The smallest absolute Gasteiger partial charge is 0.234 e. The average Bonchev–Trinajstić information content (AvgIpc) is 3.04. The van der Waals surface area contributed by atoms with Crippen molar-refractivity contribution in [3.63, 3.8) is 0 Å². The van der Waals surface area contributed by atoms with E-state index in [1.165, 1.54) is 26.0 Å². The van der Waals surface area contributed by atoms with E-state index in [1.807, 2.05) is 24.3 Å². The number of hydrogen-bond acceptors (Lipinski definition) is 6. The third-order valence-electron chi connectivity index (χ3n) is 3.35. The zero-order chi connectivity index (χ0) is 17.8. The summed E-state index contributed by atoms with van der Waals surface area (Å²) in [6.45, 7) is 0. The highest BCUT2D eigenvalue weighted by molar-refractivity contribution is 8.01. The largest absolute Gasteiger partial charge is 0.495 e. The first-order chi connectivity index (χ1) is 12.1. The zero-order valence-electron chi connectivity index (χ0n) is 13.5. The van der Waals surface area contributed by atoms with Crippen molar-refractivity contribution < 1.29 is 14.3 Å². The fourth-order valence-electron chi connectivity index (χ4n) is 2.18. The second-order valence-corrected chi connectivity index (χ2v) is 7.63. The Hall–Kier alpha value is -1.96. The predicted octanol–water partition coefficient (Wildman–Crippen LogP) is 4.70. The highest BCUT2D eigenvalue weighted by atomic mass is 35.5. The lowest BCUT2D eigenvalue weighted by molar-refractivity contribution is -0.113. The van der Waals surface area contributed by atoms with Crippen molar-refractivity contribution in [1.29, 1.82) is 0 Å². The van der Waals surface area contributed by atoms with Crippen LogP contribution in [0.1, 0.15) is 0 Å². The molecule has 1 aromatic heterocycles. The Morgan fingerprint density at radius 1 is 1.24 bits per heavy atom. The summed E-state index contributed by atoms with van der Waals surface area (Å²) in [5.41, 5.74) is 1.46. The van der Waals surface area contributed by atoms with Crippen LogP contribution < -0.4 is 14.8 Å². The SMILES string of the molecule is COc1cc(NC(=O)CSc2nc3ccccc3s2)c(OC)cc1Cl. The lowest BCUT2D eigenvalue weighted by atomic mass is 10.2. The van der Waals surface area contributed by atoms with Crippen LogP contribution in [0, 0.1) is 0 Å². The number of carbonyl (C=O) groups excluding carboxylic acids is 1. The number of aromatic nitrogens is 1. The third kappa shape index (κ3) is 4.18. The molecule has 3 aromatic rings. The Kier molecular flexibility index (Phi) is 5.67. The Labute approximate surface area is 158 Å². The summed E-state index contributed by atoms with van der Waals surface area (Å²) < 4.78 is 12.4. The maximum atomic E-state index is 12.3. The van der Waals surface area contributed by atoms with Gasteiger partial charge in [0.05, 0.1) is 40.9 Å². The number of halogens is 1. The first-order valence-electron chi connectivity index (χ1n) is 7.30. The van der Waals surface area contributed by atoms with Gasteiger partial charge < -0.3 is 14.8 Å². The van der Waals surface area contributed by atoms with Crippen molar-refractivity contribution in [2.24, 2.45) is 0 Å². The quantitative estimate of drug-likeness (QED) is 0.614. The first-order valence-corrected chi connectivity index (χ1v) is 9.48. The molecule has 0 aliphatic rings. The van der Waals surface area contributed by atoms with Gasteiger partial charge in [0.1, 0.15) is 11.5 Å². The van der Waals surface area contributed by atoms with Crippen molar-refractivity contribution in [1.82, 2.24) is 4.98 Å². The summed E-state index contributed by atoms with van der Waals surface area (Å²) in [7, 11) is 3.03. The number of para-hydroxylation sites is 1. The number of carbonyl (C=O) groups is 1. The van der Waals surface area contributed by atoms with E-state index < -0.39 is 0 Å². The molecule has 8 heteroatoms. The number of nitrogens with zero attached hydrogens (tertiary/aromatic N) is 1. The number of thiazole rings is 1. The van der Waals surface area contributed by atoms with Crippen LogP contribution in [0.15, 0.2) is 40.7 Å². The van der Waals surface area contributed by atoms with Gasteiger partial charge in [0.25, 0.3) is 0 Å². The number of fused-ring (bicyclic) bond motifs is 1. The van der Waals surface area contributed by atoms with Crippen LogP contribution in [-0.2, 0) is 4.79 Å². The van der Waals surface area contributed by atoms with E-state index in [2.05, 4.69) is 10.3 Å². The molecule has 1 heterocycles. The molecule has 0 spiro atoms. The molecule has 0 aliphatic carbocycles. The maximum Gasteiger partial charge on any atom is 0.234 e. The zero-order valence-corrected chi connectivity index (χ0v) is 15.9. The van der Waals surface area contributed by atoms with Crippen molar-refractivity contribution in [2.45, 2.75) is 4.34 Å². The van der Waals surface area contributed by atoms with Crippen LogP contribution in [0.4, 0.5) is 5.69 Å². The highest BCUT2D eigenvalue weighted by Crippen LogP contribution is 2.36. The third-order valence-corrected chi connectivity index (χ3v) is 5.82. The van der Waals surface area contributed by atoms with Gasteiger partial charge in [0, 0.05) is 12.1 Å². The minimum absolute atomic E-state index is 0.160. The number of benzene rings is 2. The van der Waals surface area contributed by atoms with Gasteiger partial charge in [-0.2, -0.15) is 0 Å². The number of ether oxygens (including phenoxy) is 2. The molecule has 0 saturated carbocycles. The number of anilines is 1. The molecular weight excluding hydrogens is 380 g/mol. The molecule has 1 N–H and O–H groups in total. The Bertz CT molecular complexity index is 881. The summed E-state index contributed by atoms with van der Waals surface area (Å²) in [5, 5.41) is 3.24. The number of amides is 1. The second-order valence-electron chi connectivity index (χ2n) is 4.97. The summed E-state index contributed by atoms with van der Waals surface area (Å²) in [6, 6.07) is 11.1. The van der Waals surface area contributed by atoms with Crippen molar-refractivity contribution >= 4 is 56.5 Å². The molecule has 3 rings (SSSR count). The van der Waals surface area contributed by atoms with E-state index in [4.69, 9.17) is 21.1 Å². The molecule has 2 aromatic carbocycles. The van der Waals surface area contributed by atoms with Crippen LogP contribution in [0.2, 0.25) is 5.02 Å². The summed E-state index contributed by atoms with van der Waals surface area (Å²) in [5.74, 6) is 1.03. The van der Waals surface area contributed by atoms with Gasteiger partial charge in [-0.1, -0.05) is 35.5 Å². The van der Waals surface area contributed by atoms with Gasteiger partial charge in [-0.15, -0.1) is 11.3 Å². The lowest BCUT2D eigenvalue weighted by Crippen LogP contribution is -2.14. The number of nitrogens with one attached hydrogen (secondary N) is 1. The van der Waals surface area contributed by atoms with E-state index in [0.29, 0.717) is 22.2 Å². The Morgan fingerprint density at radius 2 is 2.00 bits per heavy atom. The number of rotatable bonds is 6. The van der Waals surface area contributed by atoms with Crippen molar-refractivity contribution in [3.05, 3.63) is 41.4 Å². The van der Waals surface area contributed by atoms with E-state index in [9.17, 15) is 4.79 Å². The lowest BCUT2D eigenvalue weighted by Gasteiger charge is -2.12. The molecule has 5 nitrogen and oxygen atoms in total. The molecule has 1 amide bonds. The summed E-state index contributed by atoms with van der Waals surface area (Å²) in [4.78, 5) is 16.8. The normalized spacial score (nSPS) is 10.7. The standard InChI is InChI=1S/C17H15ClN2O3S2/c1-22-13-8-12(14(23-2)7-10(13)18)19-16(21)9-24-17-20-11-5-3-4-6-15(11)25-17/h3-8H,9H2,1-2H3,(H,19,21). The Morgan fingerprint density at radius 3 is 2.72 bits per heavy atom. The molecule has 0 bridgehead atoms. The maximum absolute atomic E-state index is 12.3. The molecule has 0 atom stereocenters. The first kappa shape index (κ1) is 17.8. The van der Waals surface area contributed by atoms with Crippen LogP contribution in [-0.4, -0.2) is 30.9 Å². The summed E-state index contributed by atoms with van der Waals surface area (Å²) >= 11 is 9.04. The molecule has 0 fully saturated rings. The molecule has 0 aliphatic heterocycles. The molecular formula is C17H15ClN2O3S2. The molecule has 0 radical (unpaired) electrons. The minimum Gasteiger partial charge on any atom is -0.495 e. The Balaban J connectivity index is 1.68. The van der Waals surface area contributed by atoms with Crippen LogP contribution >= 0.6 is 34.7 Å². The van der Waals surface area contributed by atoms with Gasteiger partial charge in [-0.05, 0) is 12.1 Å². The number of methoxy groups -OCH3 is 2. The van der Waals surface area contributed by atoms with Gasteiger partial charge in [-0.25, -0.2) is 4.98 Å². The monoisotopic (exact) mass is 394 g/mol. The van der Waals surface area contributed by atoms with Gasteiger partial charge in [-0.3, -0.25) is 4.79 Å². The van der Waals surface area contributed by atoms with Crippen LogP contribution in [0.5, 0.6) is 11.5 Å².